The first-order chi connectivity index (χ1) is 7.25. The summed E-state index contributed by atoms with van der Waals surface area (Å²) >= 11 is 5.98. The van der Waals surface area contributed by atoms with Gasteiger partial charge in [0.15, 0.2) is 0 Å². The van der Waals surface area contributed by atoms with Gasteiger partial charge in [-0.1, -0.05) is 11.6 Å². The van der Waals surface area contributed by atoms with E-state index in [1.807, 2.05) is 0 Å². The van der Waals surface area contributed by atoms with Crippen LogP contribution in [0.5, 0.6) is 0 Å². The van der Waals surface area contributed by atoms with Gasteiger partial charge >= 0.3 is 0 Å². The molecule has 1 aromatic rings. The molecular formula is C10H15ClN4. The van der Waals surface area contributed by atoms with Crippen molar-refractivity contribution < 1.29 is 0 Å². The van der Waals surface area contributed by atoms with E-state index in [9.17, 15) is 0 Å². The van der Waals surface area contributed by atoms with Gasteiger partial charge in [0.05, 0.1) is 6.20 Å². The Morgan fingerprint density at radius 1 is 1.60 bits per heavy atom. The summed E-state index contributed by atoms with van der Waals surface area (Å²) < 4.78 is 0. The van der Waals surface area contributed by atoms with Gasteiger partial charge in [-0.05, 0) is 26.3 Å². The van der Waals surface area contributed by atoms with Gasteiger partial charge in [0, 0.05) is 12.1 Å². The second-order valence-electron chi connectivity index (χ2n) is 3.94. The average molecular weight is 227 g/mol. The lowest BCUT2D eigenvalue weighted by Gasteiger charge is -2.29. The van der Waals surface area contributed by atoms with E-state index < -0.39 is 0 Å². The highest BCUT2D eigenvalue weighted by Crippen LogP contribution is 2.20. The molecule has 0 amide bonds. The Hall–Kier alpha value is -0.870. The average Bonchev–Trinajstić information content (AvgIpc) is 2.22. The number of nitrogens with zero attached hydrogens (tertiary/aromatic N) is 2. The van der Waals surface area contributed by atoms with Gasteiger partial charge < -0.3 is 10.6 Å². The summed E-state index contributed by atoms with van der Waals surface area (Å²) in [5.74, 6) is 0.741. The van der Waals surface area contributed by atoms with E-state index in [1.165, 1.54) is 6.33 Å². The Morgan fingerprint density at radius 2 is 2.47 bits per heavy atom. The SMILES string of the molecule is CC1CC(Nc2ncncc2Cl)CCN1. The number of aromatic nitrogens is 2. The molecule has 0 bridgehead atoms. The van der Waals surface area contributed by atoms with Gasteiger partial charge in [-0.25, -0.2) is 9.97 Å². The lowest BCUT2D eigenvalue weighted by molar-refractivity contribution is 0.396. The van der Waals surface area contributed by atoms with Crippen molar-refractivity contribution in [3.63, 3.8) is 0 Å². The molecule has 0 radical (unpaired) electrons. The molecule has 82 valence electrons. The highest BCUT2D eigenvalue weighted by Gasteiger charge is 2.18. The van der Waals surface area contributed by atoms with Gasteiger partial charge in [-0.2, -0.15) is 0 Å². The second kappa shape index (κ2) is 4.77. The van der Waals surface area contributed by atoms with Crippen LogP contribution in [0.2, 0.25) is 5.02 Å². The number of halogens is 1. The van der Waals surface area contributed by atoms with Gasteiger partial charge in [0.2, 0.25) is 0 Å². The number of anilines is 1. The molecule has 2 unspecified atom stereocenters. The molecule has 0 spiro atoms. The Morgan fingerprint density at radius 3 is 3.20 bits per heavy atom. The summed E-state index contributed by atoms with van der Waals surface area (Å²) in [6.07, 6.45) is 5.32. The summed E-state index contributed by atoms with van der Waals surface area (Å²) in [5, 5.41) is 7.35. The smallest absolute Gasteiger partial charge is 0.148 e. The first kappa shape index (κ1) is 10.6. The summed E-state index contributed by atoms with van der Waals surface area (Å²) in [6, 6.07) is 1.01. The zero-order chi connectivity index (χ0) is 10.7. The zero-order valence-corrected chi connectivity index (χ0v) is 9.46. The molecule has 1 aliphatic heterocycles. The maximum Gasteiger partial charge on any atom is 0.148 e. The fourth-order valence-corrected chi connectivity index (χ4v) is 2.03. The van der Waals surface area contributed by atoms with Crippen molar-refractivity contribution in [1.82, 2.24) is 15.3 Å². The lowest BCUT2D eigenvalue weighted by Crippen LogP contribution is -2.41. The molecule has 5 heteroatoms. The summed E-state index contributed by atoms with van der Waals surface area (Å²) in [4.78, 5) is 7.98. The highest BCUT2D eigenvalue weighted by molar-refractivity contribution is 6.32. The highest BCUT2D eigenvalue weighted by atomic mass is 35.5. The van der Waals surface area contributed by atoms with E-state index in [-0.39, 0.29) is 0 Å². The van der Waals surface area contributed by atoms with E-state index in [2.05, 4.69) is 27.5 Å². The summed E-state index contributed by atoms with van der Waals surface area (Å²) in [7, 11) is 0. The summed E-state index contributed by atoms with van der Waals surface area (Å²) in [6.45, 7) is 3.23. The van der Waals surface area contributed by atoms with Crippen molar-refractivity contribution in [2.75, 3.05) is 11.9 Å². The molecule has 0 aliphatic carbocycles. The number of piperidine rings is 1. The minimum Gasteiger partial charge on any atom is -0.366 e. The maximum atomic E-state index is 5.98. The van der Waals surface area contributed by atoms with Crippen molar-refractivity contribution in [3.8, 4) is 0 Å². The third kappa shape index (κ3) is 2.79. The van der Waals surface area contributed by atoms with Crippen molar-refractivity contribution in [2.45, 2.75) is 31.8 Å². The molecule has 1 saturated heterocycles. The van der Waals surface area contributed by atoms with Gasteiger partial charge in [0.25, 0.3) is 0 Å². The van der Waals surface area contributed by atoms with Crippen molar-refractivity contribution >= 4 is 17.4 Å². The van der Waals surface area contributed by atoms with E-state index >= 15 is 0 Å². The normalized spacial score (nSPS) is 26.3. The molecule has 2 N–H and O–H groups in total. The second-order valence-corrected chi connectivity index (χ2v) is 4.35. The Labute approximate surface area is 94.5 Å². The number of hydrogen-bond donors (Lipinski definition) is 2. The zero-order valence-electron chi connectivity index (χ0n) is 8.70. The topological polar surface area (TPSA) is 49.8 Å². The molecule has 0 aromatic carbocycles. The van der Waals surface area contributed by atoms with E-state index in [4.69, 9.17) is 11.6 Å². The quantitative estimate of drug-likeness (QED) is 0.806. The molecule has 2 heterocycles. The van der Waals surface area contributed by atoms with Crippen LogP contribution in [0.1, 0.15) is 19.8 Å². The minimum atomic E-state index is 0.452. The third-order valence-electron chi connectivity index (χ3n) is 2.63. The molecule has 1 fully saturated rings. The number of hydrogen-bond acceptors (Lipinski definition) is 4. The van der Waals surface area contributed by atoms with Crippen LogP contribution in [0, 0.1) is 0 Å². The third-order valence-corrected chi connectivity index (χ3v) is 2.91. The first-order valence-electron chi connectivity index (χ1n) is 5.21. The monoisotopic (exact) mass is 226 g/mol. The van der Waals surface area contributed by atoms with E-state index in [0.29, 0.717) is 17.1 Å². The Kier molecular flexibility index (Phi) is 3.38. The first-order valence-corrected chi connectivity index (χ1v) is 5.59. The molecular weight excluding hydrogens is 212 g/mol. The fourth-order valence-electron chi connectivity index (χ4n) is 1.88. The molecule has 2 atom stereocenters. The van der Waals surface area contributed by atoms with Crippen LogP contribution >= 0.6 is 11.6 Å². The van der Waals surface area contributed by atoms with Gasteiger partial charge in [-0.15, -0.1) is 0 Å². The maximum absolute atomic E-state index is 5.98. The van der Waals surface area contributed by atoms with Crippen LogP contribution in [0.4, 0.5) is 5.82 Å². The van der Waals surface area contributed by atoms with Crippen LogP contribution in [0.25, 0.3) is 0 Å². The van der Waals surface area contributed by atoms with Crippen molar-refractivity contribution in [3.05, 3.63) is 17.5 Å². The van der Waals surface area contributed by atoms with Crippen LogP contribution in [-0.4, -0.2) is 28.6 Å². The molecule has 15 heavy (non-hydrogen) atoms. The van der Waals surface area contributed by atoms with Gasteiger partial charge in [0.1, 0.15) is 17.2 Å². The van der Waals surface area contributed by atoms with Gasteiger partial charge in [-0.3, -0.25) is 0 Å². The van der Waals surface area contributed by atoms with Crippen LogP contribution < -0.4 is 10.6 Å². The van der Waals surface area contributed by atoms with E-state index in [0.717, 1.165) is 25.2 Å². The molecule has 2 rings (SSSR count). The molecule has 0 saturated carbocycles. The number of rotatable bonds is 2. The fraction of sp³-hybridized carbons (Fsp3) is 0.600. The van der Waals surface area contributed by atoms with Crippen LogP contribution in [0.15, 0.2) is 12.5 Å². The molecule has 1 aliphatic rings. The van der Waals surface area contributed by atoms with E-state index in [1.54, 1.807) is 6.20 Å². The largest absolute Gasteiger partial charge is 0.366 e. The minimum absolute atomic E-state index is 0.452. The lowest BCUT2D eigenvalue weighted by atomic mass is 10.0. The van der Waals surface area contributed by atoms with Crippen LogP contribution in [-0.2, 0) is 0 Å². The number of nitrogens with one attached hydrogen (secondary N) is 2. The van der Waals surface area contributed by atoms with Crippen molar-refractivity contribution in [1.29, 1.82) is 0 Å². The molecule has 4 nitrogen and oxygen atoms in total. The standard InChI is InChI=1S/C10H15ClN4/c1-7-4-8(2-3-13-7)15-10-9(11)5-12-6-14-10/h5-8,13H,2-4H2,1H3,(H,12,14,15). The Bertz CT molecular complexity index is 331. The van der Waals surface area contributed by atoms with Crippen LogP contribution in [0.3, 0.4) is 0 Å². The summed E-state index contributed by atoms with van der Waals surface area (Å²) in [5.41, 5.74) is 0. The predicted molar refractivity (Wildman–Crippen MR) is 61.2 cm³/mol. The predicted octanol–water partition coefficient (Wildman–Crippen LogP) is 1.68. The molecule has 1 aromatic heterocycles. The van der Waals surface area contributed by atoms with Crippen molar-refractivity contribution in [2.24, 2.45) is 0 Å². The Balaban J connectivity index is 1.99.